The predicted octanol–water partition coefficient (Wildman–Crippen LogP) is 3.15. The van der Waals surface area contributed by atoms with E-state index in [0.717, 1.165) is 11.0 Å². The molecule has 8 heteroatoms. The van der Waals surface area contributed by atoms with Crippen molar-refractivity contribution in [1.82, 2.24) is 14.9 Å². The number of hydrogen-bond donors (Lipinski definition) is 2. The van der Waals surface area contributed by atoms with Gasteiger partial charge in [-0.2, -0.15) is 0 Å². The summed E-state index contributed by atoms with van der Waals surface area (Å²) in [5.74, 6) is -1.05. The summed E-state index contributed by atoms with van der Waals surface area (Å²) in [4.78, 5) is 28.1. The summed E-state index contributed by atoms with van der Waals surface area (Å²) in [5.41, 5.74) is 1.81. The van der Waals surface area contributed by atoms with E-state index in [0.29, 0.717) is 5.16 Å². The number of nitrogens with zero attached hydrogens (tertiary/aromatic N) is 2. The SMILES string of the molecule is Cn1c(SCC(=O)NC(=O)Nc2ccccc2F)nc2ccccc21. The first-order valence-corrected chi connectivity index (χ1v) is 8.43. The van der Waals surface area contributed by atoms with Gasteiger partial charge < -0.3 is 9.88 Å². The number of aryl methyl sites for hydroxylation is 1. The van der Waals surface area contributed by atoms with Crippen LogP contribution in [0.2, 0.25) is 0 Å². The summed E-state index contributed by atoms with van der Waals surface area (Å²) in [5, 5.41) is 5.13. The number of thioether (sulfide) groups is 1. The number of carbonyl (C=O) groups excluding carboxylic acids is 2. The Hall–Kier alpha value is -2.87. The van der Waals surface area contributed by atoms with Crippen LogP contribution in [0.4, 0.5) is 14.9 Å². The third-order valence-electron chi connectivity index (χ3n) is 3.45. The molecule has 128 valence electrons. The Morgan fingerprint density at radius 2 is 1.88 bits per heavy atom. The molecular formula is C17H15FN4O2S. The number of carbonyl (C=O) groups is 2. The van der Waals surface area contributed by atoms with E-state index in [9.17, 15) is 14.0 Å². The summed E-state index contributed by atoms with van der Waals surface area (Å²) in [6, 6.07) is 12.6. The van der Waals surface area contributed by atoms with Crippen LogP contribution in [-0.2, 0) is 11.8 Å². The van der Waals surface area contributed by atoms with Crippen molar-refractivity contribution in [2.75, 3.05) is 11.1 Å². The topological polar surface area (TPSA) is 76.0 Å². The maximum Gasteiger partial charge on any atom is 0.325 e. The molecule has 3 aromatic rings. The summed E-state index contributed by atoms with van der Waals surface area (Å²) >= 11 is 1.22. The number of imide groups is 1. The van der Waals surface area contributed by atoms with Crippen molar-refractivity contribution < 1.29 is 14.0 Å². The Morgan fingerprint density at radius 3 is 2.64 bits per heavy atom. The molecule has 3 rings (SSSR count). The molecule has 0 unspecified atom stereocenters. The van der Waals surface area contributed by atoms with E-state index >= 15 is 0 Å². The number of hydrogen-bond acceptors (Lipinski definition) is 4. The molecule has 1 aromatic heterocycles. The van der Waals surface area contributed by atoms with Gasteiger partial charge in [0.15, 0.2) is 5.16 Å². The number of imidazole rings is 1. The summed E-state index contributed by atoms with van der Waals surface area (Å²) < 4.78 is 15.3. The number of benzene rings is 2. The number of amides is 3. The maximum absolute atomic E-state index is 13.5. The van der Waals surface area contributed by atoms with Crippen LogP contribution >= 0.6 is 11.8 Å². The molecular weight excluding hydrogens is 343 g/mol. The molecule has 0 fully saturated rings. The molecule has 0 spiro atoms. The quantitative estimate of drug-likeness (QED) is 0.703. The largest absolute Gasteiger partial charge is 0.325 e. The van der Waals surface area contributed by atoms with Gasteiger partial charge in [-0.05, 0) is 24.3 Å². The molecule has 0 bridgehead atoms. The van der Waals surface area contributed by atoms with Crippen LogP contribution < -0.4 is 10.6 Å². The van der Waals surface area contributed by atoms with Crippen LogP contribution in [0.15, 0.2) is 53.7 Å². The van der Waals surface area contributed by atoms with Gasteiger partial charge in [0.05, 0.1) is 22.5 Å². The average molecular weight is 358 g/mol. The molecule has 0 saturated carbocycles. The minimum Gasteiger partial charge on any atom is -0.322 e. The fourth-order valence-electron chi connectivity index (χ4n) is 2.26. The van der Waals surface area contributed by atoms with Crippen molar-refractivity contribution in [1.29, 1.82) is 0 Å². The van der Waals surface area contributed by atoms with Crippen LogP contribution in [0.25, 0.3) is 11.0 Å². The lowest BCUT2D eigenvalue weighted by Crippen LogP contribution is -2.35. The van der Waals surface area contributed by atoms with Crippen LogP contribution in [0.5, 0.6) is 0 Å². The fourth-order valence-corrected chi connectivity index (χ4v) is 3.05. The normalized spacial score (nSPS) is 10.6. The van der Waals surface area contributed by atoms with Gasteiger partial charge in [-0.1, -0.05) is 36.0 Å². The van der Waals surface area contributed by atoms with Crippen LogP contribution in [-0.4, -0.2) is 27.2 Å². The predicted molar refractivity (Wildman–Crippen MR) is 95.0 cm³/mol. The Morgan fingerprint density at radius 1 is 1.16 bits per heavy atom. The van der Waals surface area contributed by atoms with Crippen molar-refractivity contribution in [3.05, 3.63) is 54.3 Å². The van der Waals surface area contributed by atoms with Gasteiger partial charge in [0, 0.05) is 7.05 Å². The van der Waals surface area contributed by atoms with Crippen LogP contribution in [0, 0.1) is 5.82 Å². The van der Waals surface area contributed by atoms with Gasteiger partial charge in [0.2, 0.25) is 5.91 Å². The van der Waals surface area contributed by atoms with E-state index < -0.39 is 17.8 Å². The summed E-state index contributed by atoms with van der Waals surface area (Å²) in [7, 11) is 1.86. The third kappa shape index (κ3) is 3.97. The summed E-state index contributed by atoms with van der Waals surface area (Å²) in [6.07, 6.45) is 0. The van der Waals surface area contributed by atoms with Crippen molar-refractivity contribution in [3.8, 4) is 0 Å². The number of urea groups is 1. The first-order valence-electron chi connectivity index (χ1n) is 7.44. The van der Waals surface area contributed by atoms with Gasteiger partial charge in [-0.3, -0.25) is 10.1 Å². The van der Waals surface area contributed by atoms with E-state index in [2.05, 4.69) is 15.6 Å². The van der Waals surface area contributed by atoms with Crippen LogP contribution in [0.1, 0.15) is 0 Å². The van der Waals surface area contributed by atoms with Crippen molar-refractivity contribution >= 4 is 40.4 Å². The molecule has 0 aliphatic rings. The highest BCUT2D eigenvalue weighted by Gasteiger charge is 2.13. The zero-order chi connectivity index (χ0) is 17.8. The van der Waals surface area contributed by atoms with Gasteiger partial charge in [0.25, 0.3) is 0 Å². The number of para-hydroxylation sites is 3. The standard InChI is InChI=1S/C17H15FN4O2S/c1-22-14-9-5-4-8-13(14)20-17(22)25-10-15(23)21-16(24)19-12-7-3-2-6-11(12)18/h2-9H,10H2,1H3,(H2,19,21,23,24). The highest BCUT2D eigenvalue weighted by Crippen LogP contribution is 2.22. The van der Waals surface area contributed by atoms with Crippen molar-refractivity contribution in [2.45, 2.75) is 5.16 Å². The highest BCUT2D eigenvalue weighted by atomic mass is 32.2. The van der Waals surface area contributed by atoms with E-state index in [-0.39, 0.29) is 11.4 Å². The maximum atomic E-state index is 13.5. The second kappa shape index (κ2) is 7.35. The van der Waals surface area contributed by atoms with E-state index in [1.807, 2.05) is 35.9 Å². The minimum absolute atomic E-state index is 0.0100. The second-order valence-electron chi connectivity index (χ2n) is 5.21. The van der Waals surface area contributed by atoms with E-state index in [1.54, 1.807) is 6.07 Å². The van der Waals surface area contributed by atoms with Crippen molar-refractivity contribution in [2.24, 2.45) is 7.05 Å². The monoisotopic (exact) mass is 358 g/mol. The third-order valence-corrected chi connectivity index (χ3v) is 4.48. The molecule has 25 heavy (non-hydrogen) atoms. The molecule has 0 aliphatic carbocycles. The number of anilines is 1. The second-order valence-corrected chi connectivity index (χ2v) is 6.16. The molecule has 0 saturated heterocycles. The Kier molecular flexibility index (Phi) is 4.99. The molecule has 0 aliphatic heterocycles. The average Bonchev–Trinajstić information content (AvgIpc) is 2.91. The zero-order valence-electron chi connectivity index (χ0n) is 13.3. The highest BCUT2D eigenvalue weighted by molar-refractivity contribution is 7.99. The number of halogens is 1. The van der Waals surface area contributed by atoms with E-state index in [4.69, 9.17) is 0 Å². The van der Waals surface area contributed by atoms with Gasteiger partial charge in [-0.15, -0.1) is 0 Å². The molecule has 2 N–H and O–H groups in total. The molecule has 1 heterocycles. The first-order chi connectivity index (χ1) is 12.0. The number of aromatic nitrogens is 2. The van der Waals surface area contributed by atoms with E-state index in [1.165, 1.54) is 30.0 Å². The number of nitrogens with one attached hydrogen (secondary N) is 2. The Bertz CT molecular complexity index is 941. The lowest BCUT2D eigenvalue weighted by molar-refractivity contribution is -0.117. The molecule has 3 amide bonds. The van der Waals surface area contributed by atoms with Gasteiger partial charge >= 0.3 is 6.03 Å². The first kappa shape index (κ1) is 17.0. The molecule has 0 radical (unpaired) electrons. The molecule has 0 atom stereocenters. The zero-order valence-corrected chi connectivity index (χ0v) is 14.1. The van der Waals surface area contributed by atoms with Gasteiger partial charge in [-0.25, -0.2) is 14.2 Å². The Balaban J connectivity index is 1.56. The fraction of sp³-hybridized carbons (Fsp3) is 0.118. The number of rotatable bonds is 4. The Labute approximate surface area is 147 Å². The summed E-state index contributed by atoms with van der Waals surface area (Å²) in [6.45, 7) is 0. The lowest BCUT2D eigenvalue weighted by Gasteiger charge is -2.07. The smallest absolute Gasteiger partial charge is 0.322 e. The lowest BCUT2D eigenvalue weighted by atomic mass is 10.3. The minimum atomic E-state index is -0.777. The van der Waals surface area contributed by atoms with Gasteiger partial charge in [0.1, 0.15) is 5.82 Å². The number of fused-ring (bicyclic) bond motifs is 1. The molecule has 2 aromatic carbocycles. The van der Waals surface area contributed by atoms with Crippen LogP contribution in [0.3, 0.4) is 0 Å². The van der Waals surface area contributed by atoms with Crippen molar-refractivity contribution in [3.63, 3.8) is 0 Å². The molecule has 6 nitrogen and oxygen atoms in total.